The second-order valence-electron chi connectivity index (χ2n) is 6.85. The van der Waals surface area contributed by atoms with Crippen LogP contribution in [0.3, 0.4) is 0 Å². The van der Waals surface area contributed by atoms with E-state index in [2.05, 4.69) is 6.92 Å². The molecule has 0 radical (unpaired) electrons. The molecule has 1 aromatic carbocycles. The number of benzene rings is 1. The molecule has 5 nitrogen and oxygen atoms in total. The van der Waals surface area contributed by atoms with Crippen molar-refractivity contribution in [3.8, 4) is 11.5 Å². The molecule has 24 heavy (non-hydrogen) atoms. The van der Waals surface area contributed by atoms with Crippen LogP contribution in [0, 0.1) is 0 Å². The average Bonchev–Trinajstić information content (AvgIpc) is 2.53. The summed E-state index contributed by atoms with van der Waals surface area (Å²) in [7, 11) is -1.69. The molecule has 136 valence electrons. The molecular weight excluding hydrogens is 326 g/mol. The first kappa shape index (κ1) is 19.1. The molecule has 0 spiro atoms. The fourth-order valence-corrected chi connectivity index (χ4v) is 4.46. The Bertz CT molecular complexity index is 670. The zero-order chi connectivity index (χ0) is 18.0. The first-order valence-corrected chi connectivity index (χ1v) is 10.2. The highest BCUT2D eigenvalue weighted by atomic mass is 32.2. The lowest BCUT2D eigenvalue weighted by atomic mass is 9.89. The topological polar surface area (TPSA) is 55.8 Å². The zero-order valence-corrected chi connectivity index (χ0v) is 16.1. The van der Waals surface area contributed by atoms with Crippen molar-refractivity contribution in [2.45, 2.75) is 58.6 Å². The van der Waals surface area contributed by atoms with Gasteiger partial charge in [0.25, 0.3) is 0 Å². The second-order valence-corrected chi connectivity index (χ2v) is 9.06. The van der Waals surface area contributed by atoms with Gasteiger partial charge < -0.3 is 9.47 Å². The first-order valence-electron chi connectivity index (χ1n) is 8.60. The summed E-state index contributed by atoms with van der Waals surface area (Å²) in [6.45, 7) is 8.31. The summed E-state index contributed by atoms with van der Waals surface area (Å²) in [5.41, 5.74) is 0.474. The number of fused-ring (bicyclic) bond motifs is 1. The molecule has 0 N–H and O–H groups in total. The molecular formula is C18H29NO4S. The summed E-state index contributed by atoms with van der Waals surface area (Å²) in [5.74, 6) is 1.56. The molecule has 1 aliphatic rings. The van der Waals surface area contributed by atoms with Crippen molar-refractivity contribution in [3.63, 3.8) is 0 Å². The molecule has 0 aromatic heterocycles. The minimum Gasteiger partial charge on any atom is -0.497 e. The molecule has 0 saturated heterocycles. The van der Waals surface area contributed by atoms with E-state index in [0.717, 1.165) is 24.2 Å². The molecule has 1 unspecified atom stereocenters. The van der Waals surface area contributed by atoms with E-state index in [4.69, 9.17) is 9.47 Å². The van der Waals surface area contributed by atoms with Crippen molar-refractivity contribution in [1.82, 2.24) is 4.31 Å². The third-order valence-electron chi connectivity index (χ3n) is 4.45. The van der Waals surface area contributed by atoms with E-state index in [-0.39, 0.29) is 11.8 Å². The Labute approximate surface area is 146 Å². The van der Waals surface area contributed by atoms with Crippen LogP contribution in [-0.2, 0) is 10.0 Å². The second kappa shape index (κ2) is 7.31. The van der Waals surface area contributed by atoms with Gasteiger partial charge in [-0.05, 0) is 45.4 Å². The average molecular weight is 356 g/mol. The van der Waals surface area contributed by atoms with Crippen LogP contribution in [-0.4, -0.2) is 37.7 Å². The van der Waals surface area contributed by atoms with E-state index < -0.39 is 15.6 Å². The summed E-state index contributed by atoms with van der Waals surface area (Å²) >= 11 is 0. The monoisotopic (exact) mass is 355 g/mol. The molecule has 6 heteroatoms. The third-order valence-corrected chi connectivity index (χ3v) is 6.33. The fraction of sp³-hybridized carbons (Fsp3) is 0.667. The van der Waals surface area contributed by atoms with Crippen molar-refractivity contribution in [2.75, 3.05) is 19.4 Å². The Hall–Kier alpha value is -1.27. The summed E-state index contributed by atoms with van der Waals surface area (Å²) in [5, 5.41) is 0. The minimum atomic E-state index is -3.31. The number of rotatable bonds is 7. The molecule has 0 aliphatic carbocycles. The molecule has 2 rings (SSSR count). The lowest BCUT2D eigenvalue weighted by Crippen LogP contribution is -2.44. The number of nitrogens with zero attached hydrogens (tertiary/aromatic N) is 1. The third kappa shape index (κ3) is 4.03. The standard InChI is InChI=1S/C18H29NO4S/c1-6-8-11-19(24(20,21)7-2)16-13-18(3,4)23-17-10-9-14(22-5)12-15(16)17/h9-10,12,16H,6-8,11,13H2,1-5H3. The van der Waals surface area contributed by atoms with Crippen LogP contribution in [0.5, 0.6) is 11.5 Å². The van der Waals surface area contributed by atoms with E-state index >= 15 is 0 Å². The van der Waals surface area contributed by atoms with E-state index in [1.54, 1.807) is 18.3 Å². The highest BCUT2D eigenvalue weighted by molar-refractivity contribution is 7.89. The highest BCUT2D eigenvalue weighted by Gasteiger charge is 2.40. The quantitative estimate of drug-likeness (QED) is 0.747. The molecule has 0 amide bonds. The van der Waals surface area contributed by atoms with Gasteiger partial charge in [0.2, 0.25) is 10.0 Å². The SMILES string of the molecule is CCCCN(C1CC(C)(C)Oc2ccc(OC)cc21)S(=O)(=O)CC. The molecule has 1 heterocycles. The largest absolute Gasteiger partial charge is 0.497 e. The predicted octanol–water partition coefficient (Wildman–Crippen LogP) is 3.75. The van der Waals surface area contributed by atoms with Gasteiger partial charge in [-0.3, -0.25) is 0 Å². The van der Waals surface area contributed by atoms with Crippen molar-refractivity contribution in [2.24, 2.45) is 0 Å². The Morgan fingerprint density at radius 2 is 2.04 bits per heavy atom. The van der Waals surface area contributed by atoms with Gasteiger partial charge in [-0.1, -0.05) is 13.3 Å². The number of hydrogen-bond donors (Lipinski definition) is 0. The lowest BCUT2D eigenvalue weighted by Gasteiger charge is -2.42. The number of unbranched alkanes of at least 4 members (excludes halogenated alkanes) is 1. The van der Waals surface area contributed by atoms with Crippen LogP contribution in [0.2, 0.25) is 0 Å². The Morgan fingerprint density at radius 1 is 1.33 bits per heavy atom. The van der Waals surface area contributed by atoms with Gasteiger partial charge in [0.1, 0.15) is 17.1 Å². The van der Waals surface area contributed by atoms with Gasteiger partial charge >= 0.3 is 0 Å². The number of ether oxygens (including phenoxy) is 2. The maximum atomic E-state index is 12.7. The minimum absolute atomic E-state index is 0.105. The maximum Gasteiger partial charge on any atom is 0.214 e. The van der Waals surface area contributed by atoms with Crippen LogP contribution < -0.4 is 9.47 Å². The summed E-state index contributed by atoms with van der Waals surface area (Å²) in [4.78, 5) is 0. The fourth-order valence-electron chi connectivity index (χ4n) is 3.15. The summed E-state index contributed by atoms with van der Waals surface area (Å²) in [6, 6.07) is 5.40. The van der Waals surface area contributed by atoms with Gasteiger partial charge in [-0.2, -0.15) is 4.31 Å². The summed E-state index contributed by atoms with van der Waals surface area (Å²) < 4.78 is 38.5. The van der Waals surface area contributed by atoms with E-state index in [0.29, 0.717) is 18.7 Å². The first-order chi connectivity index (χ1) is 11.2. The molecule has 1 atom stereocenters. The normalized spacial score (nSPS) is 19.7. The maximum absolute atomic E-state index is 12.7. The zero-order valence-electron chi connectivity index (χ0n) is 15.3. The van der Waals surface area contributed by atoms with Crippen molar-refractivity contribution >= 4 is 10.0 Å². The Morgan fingerprint density at radius 3 is 2.62 bits per heavy atom. The van der Waals surface area contributed by atoms with Gasteiger partial charge in [-0.25, -0.2) is 8.42 Å². The number of methoxy groups -OCH3 is 1. The molecule has 0 fully saturated rings. The molecule has 0 bridgehead atoms. The highest BCUT2D eigenvalue weighted by Crippen LogP contribution is 2.44. The molecule has 1 aliphatic heterocycles. The van der Waals surface area contributed by atoms with Gasteiger partial charge in [0.15, 0.2) is 0 Å². The van der Waals surface area contributed by atoms with E-state index in [1.165, 1.54) is 0 Å². The predicted molar refractivity (Wildman–Crippen MR) is 96.1 cm³/mol. The Kier molecular flexibility index (Phi) is 5.81. The number of hydrogen-bond acceptors (Lipinski definition) is 4. The molecule has 1 aromatic rings. The van der Waals surface area contributed by atoms with Gasteiger partial charge in [0.05, 0.1) is 18.9 Å². The van der Waals surface area contributed by atoms with Gasteiger partial charge in [-0.15, -0.1) is 0 Å². The van der Waals surface area contributed by atoms with Crippen LogP contribution in [0.1, 0.15) is 58.6 Å². The molecule has 0 saturated carbocycles. The van der Waals surface area contributed by atoms with E-state index in [9.17, 15) is 8.42 Å². The van der Waals surface area contributed by atoms with Crippen LogP contribution in [0.15, 0.2) is 18.2 Å². The van der Waals surface area contributed by atoms with Crippen molar-refractivity contribution in [3.05, 3.63) is 23.8 Å². The van der Waals surface area contributed by atoms with Crippen LogP contribution in [0.4, 0.5) is 0 Å². The van der Waals surface area contributed by atoms with Gasteiger partial charge in [0, 0.05) is 18.5 Å². The van der Waals surface area contributed by atoms with E-state index in [1.807, 2.05) is 32.0 Å². The number of sulfonamides is 1. The van der Waals surface area contributed by atoms with Crippen LogP contribution >= 0.6 is 0 Å². The van der Waals surface area contributed by atoms with Crippen molar-refractivity contribution < 1.29 is 17.9 Å². The lowest BCUT2D eigenvalue weighted by molar-refractivity contribution is 0.0499. The smallest absolute Gasteiger partial charge is 0.214 e. The Balaban J connectivity index is 2.53. The van der Waals surface area contributed by atoms with Crippen LogP contribution in [0.25, 0.3) is 0 Å². The van der Waals surface area contributed by atoms with Crippen molar-refractivity contribution in [1.29, 1.82) is 0 Å². The summed E-state index contributed by atoms with van der Waals surface area (Å²) in [6.07, 6.45) is 2.42.